The van der Waals surface area contributed by atoms with E-state index in [2.05, 4.69) is 4.98 Å². The van der Waals surface area contributed by atoms with Crippen molar-refractivity contribution in [2.75, 3.05) is 18.8 Å². The molecule has 2 fully saturated rings. The Morgan fingerprint density at radius 1 is 1.29 bits per heavy atom. The molecule has 0 unspecified atom stereocenters. The third-order valence-electron chi connectivity index (χ3n) is 4.15. The van der Waals surface area contributed by atoms with Crippen molar-refractivity contribution in [1.82, 2.24) is 13.7 Å². The first-order chi connectivity index (χ1) is 10.1. The molecule has 0 saturated heterocycles. The predicted octanol–water partition coefficient (Wildman–Crippen LogP) is 1.79. The minimum atomic E-state index is -3.58. The molecule has 114 valence electrons. The Labute approximate surface area is 127 Å². The van der Waals surface area contributed by atoms with Crippen molar-refractivity contribution in [3.05, 3.63) is 11.6 Å². The number of rotatable bonds is 6. The van der Waals surface area contributed by atoms with Crippen molar-refractivity contribution in [3.63, 3.8) is 0 Å². The number of sulfonamides is 1. The Hall–Kier alpha value is -1.12. The summed E-state index contributed by atoms with van der Waals surface area (Å²) in [6, 6.07) is 0. The summed E-state index contributed by atoms with van der Waals surface area (Å²) in [6.07, 6.45) is 6.25. The van der Waals surface area contributed by atoms with Crippen LogP contribution in [0.25, 0.3) is 4.96 Å². The van der Waals surface area contributed by atoms with Crippen molar-refractivity contribution in [2.45, 2.75) is 30.7 Å². The van der Waals surface area contributed by atoms with E-state index in [1.54, 1.807) is 14.9 Å². The van der Waals surface area contributed by atoms with Crippen LogP contribution in [0, 0.1) is 11.8 Å². The van der Waals surface area contributed by atoms with Gasteiger partial charge in [0.15, 0.2) is 15.8 Å². The van der Waals surface area contributed by atoms with Crippen LogP contribution in [0.4, 0.5) is 5.82 Å². The fourth-order valence-corrected chi connectivity index (χ4v) is 5.15. The number of nitrogens with zero attached hydrogens (tertiary/aromatic N) is 3. The van der Waals surface area contributed by atoms with E-state index >= 15 is 0 Å². The highest BCUT2D eigenvalue weighted by atomic mass is 32.2. The first kappa shape index (κ1) is 13.5. The van der Waals surface area contributed by atoms with Crippen LogP contribution in [0.1, 0.15) is 25.7 Å². The average molecular weight is 326 g/mol. The van der Waals surface area contributed by atoms with Gasteiger partial charge in [-0.15, -0.1) is 11.3 Å². The quantitative estimate of drug-likeness (QED) is 0.877. The van der Waals surface area contributed by atoms with Crippen LogP contribution in [-0.4, -0.2) is 35.2 Å². The molecule has 2 aromatic rings. The number of nitrogens with two attached hydrogens (primary N) is 1. The van der Waals surface area contributed by atoms with Gasteiger partial charge in [0.25, 0.3) is 10.0 Å². The summed E-state index contributed by atoms with van der Waals surface area (Å²) < 4.78 is 29.3. The van der Waals surface area contributed by atoms with E-state index in [0.29, 0.717) is 29.9 Å². The lowest BCUT2D eigenvalue weighted by Gasteiger charge is -2.21. The van der Waals surface area contributed by atoms with Crippen molar-refractivity contribution in [1.29, 1.82) is 0 Å². The molecule has 2 aromatic heterocycles. The molecule has 2 aliphatic rings. The summed E-state index contributed by atoms with van der Waals surface area (Å²) >= 11 is 1.39. The monoisotopic (exact) mass is 326 g/mol. The van der Waals surface area contributed by atoms with Gasteiger partial charge in [0.1, 0.15) is 0 Å². The number of thiazole rings is 1. The largest absolute Gasteiger partial charge is 0.381 e. The molecule has 0 bridgehead atoms. The van der Waals surface area contributed by atoms with E-state index in [-0.39, 0.29) is 10.8 Å². The van der Waals surface area contributed by atoms with Crippen LogP contribution in [0.3, 0.4) is 0 Å². The summed E-state index contributed by atoms with van der Waals surface area (Å²) in [5, 5.41) is 1.97. The molecule has 0 atom stereocenters. The lowest BCUT2D eigenvalue weighted by Crippen LogP contribution is -2.35. The maximum absolute atomic E-state index is 13.0. The van der Waals surface area contributed by atoms with Crippen LogP contribution in [0.15, 0.2) is 16.6 Å². The number of fused-ring (bicyclic) bond motifs is 1. The number of aromatic nitrogens is 2. The Morgan fingerprint density at radius 3 is 2.48 bits per heavy atom. The molecule has 0 spiro atoms. The molecule has 0 radical (unpaired) electrons. The summed E-state index contributed by atoms with van der Waals surface area (Å²) in [6.45, 7) is 1.24. The van der Waals surface area contributed by atoms with Gasteiger partial charge in [-0.1, -0.05) is 0 Å². The lowest BCUT2D eigenvalue weighted by molar-refractivity contribution is 0.380. The normalized spacial score (nSPS) is 19.7. The smallest absolute Gasteiger partial charge is 0.262 e. The molecule has 0 aromatic carbocycles. The molecular weight excluding hydrogens is 308 g/mol. The number of nitrogen functional groups attached to an aromatic ring is 1. The molecule has 4 rings (SSSR count). The van der Waals surface area contributed by atoms with Gasteiger partial charge in [-0.25, -0.2) is 13.4 Å². The molecule has 2 N–H and O–H groups in total. The minimum absolute atomic E-state index is 0.110. The summed E-state index contributed by atoms with van der Waals surface area (Å²) in [5.41, 5.74) is 5.88. The van der Waals surface area contributed by atoms with E-state index in [4.69, 9.17) is 5.73 Å². The van der Waals surface area contributed by atoms with Gasteiger partial charge >= 0.3 is 0 Å². The van der Waals surface area contributed by atoms with Crippen molar-refractivity contribution in [2.24, 2.45) is 11.8 Å². The second kappa shape index (κ2) is 4.69. The zero-order chi connectivity index (χ0) is 14.6. The molecule has 0 aliphatic heterocycles. The molecule has 2 saturated carbocycles. The first-order valence-electron chi connectivity index (χ1n) is 7.27. The maximum atomic E-state index is 13.0. The molecule has 2 heterocycles. The molecule has 8 heteroatoms. The molecule has 21 heavy (non-hydrogen) atoms. The van der Waals surface area contributed by atoms with Crippen LogP contribution in [-0.2, 0) is 10.0 Å². The SMILES string of the molecule is Nc1nc2sccn2c1S(=O)(=O)N(CC1CC1)CC1CC1. The van der Waals surface area contributed by atoms with E-state index in [9.17, 15) is 8.42 Å². The number of hydrogen-bond donors (Lipinski definition) is 1. The van der Waals surface area contributed by atoms with Gasteiger partial charge in [-0.05, 0) is 37.5 Å². The molecule has 2 aliphatic carbocycles. The van der Waals surface area contributed by atoms with Gasteiger partial charge in [-0.2, -0.15) is 4.31 Å². The van der Waals surface area contributed by atoms with Crippen LogP contribution >= 0.6 is 11.3 Å². The third-order valence-corrected chi connectivity index (χ3v) is 6.77. The van der Waals surface area contributed by atoms with E-state index < -0.39 is 10.0 Å². The van der Waals surface area contributed by atoms with Crippen LogP contribution in [0.2, 0.25) is 0 Å². The Morgan fingerprint density at radius 2 is 1.90 bits per heavy atom. The van der Waals surface area contributed by atoms with Crippen LogP contribution in [0.5, 0.6) is 0 Å². The fraction of sp³-hybridized carbons (Fsp3) is 0.615. The standard InChI is InChI=1S/C13H18N4O2S2/c14-11-12(17-5-6-20-13(17)15-11)21(18,19)16(7-9-1-2-9)8-10-3-4-10/h5-6,9-10H,1-4,7-8,14H2. The van der Waals surface area contributed by atoms with Gasteiger partial charge in [0.05, 0.1) is 0 Å². The van der Waals surface area contributed by atoms with Gasteiger partial charge in [0, 0.05) is 24.7 Å². The third kappa shape index (κ3) is 2.45. The first-order valence-corrected chi connectivity index (χ1v) is 9.59. The zero-order valence-electron chi connectivity index (χ0n) is 11.6. The van der Waals surface area contributed by atoms with Gasteiger partial charge in [0.2, 0.25) is 0 Å². The summed E-state index contributed by atoms with van der Waals surface area (Å²) in [4.78, 5) is 4.79. The van der Waals surface area contributed by atoms with Crippen molar-refractivity contribution >= 4 is 32.1 Å². The lowest BCUT2D eigenvalue weighted by atomic mass is 10.4. The summed E-state index contributed by atoms with van der Waals surface area (Å²) in [5.74, 6) is 1.15. The topological polar surface area (TPSA) is 80.7 Å². The zero-order valence-corrected chi connectivity index (χ0v) is 13.2. The fourth-order valence-electron chi connectivity index (χ4n) is 2.61. The van der Waals surface area contributed by atoms with E-state index in [1.165, 1.54) is 11.3 Å². The van der Waals surface area contributed by atoms with Crippen molar-refractivity contribution < 1.29 is 8.42 Å². The molecule has 6 nitrogen and oxygen atoms in total. The number of imidazole rings is 1. The van der Waals surface area contributed by atoms with Crippen LogP contribution < -0.4 is 5.73 Å². The highest BCUT2D eigenvalue weighted by molar-refractivity contribution is 7.89. The van der Waals surface area contributed by atoms with Crippen molar-refractivity contribution in [3.8, 4) is 0 Å². The van der Waals surface area contributed by atoms with E-state index in [1.807, 2.05) is 5.38 Å². The second-order valence-electron chi connectivity index (χ2n) is 6.07. The van der Waals surface area contributed by atoms with Gasteiger partial charge < -0.3 is 5.73 Å². The Bertz CT molecular complexity index is 757. The number of anilines is 1. The van der Waals surface area contributed by atoms with E-state index in [0.717, 1.165) is 25.7 Å². The molecular formula is C13H18N4O2S2. The predicted molar refractivity (Wildman–Crippen MR) is 81.7 cm³/mol. The average Bonchev–Trinajstić information content (AvgIpc) is 3.31. The second-order valence-corrected chi connectivity index (χ2v) is 8.79. The molecule has 0 amide bonds. The highest BCUT2D eigenvalue weighted by Gasteiger charge is 2.38. The van der Waals surface area contributed by atoms with Gasteiger partial charge in [-0.3, -0.25) is 4.40 Å². The highest BCUT2D eigenvalue weighted by Crippen LogP contribution is 2.37. The minimum Gasteiger partial charge on any atom is -0.381 e. The summed E-state index contributed by atoms with van der Waals surface area (Å²) in [7, 11) is -3.58. The Kier molecular flexibility index (Phi) is 3.02. The number of hydrogen-bond acceptors (Lipinski definition) is 5. The Balaban J connectivity index is 1.74. The maximum Gasteiger partial charge on any atom is 0.262 e.